The fraction of sp³-hybridized carbons (Fsp3) is 0.176. The Labute approximate surface area is 139 Å². The number of carbonyl (C=O) groups excluding carboxylic acids is 2. The van der Waals surface area contributed by atoms with Gasteiger partial charge in [-0.15, -0.1) is 0 Å². The summed E-state index contributed by atoms with van der Waals surface area (Å²) in [5.74, 6) is -0.477. The van der Waals surface area contributed by atoms with Gasteiger partial charge in [-0.2, -0.15) is 0 Å². The summed E-state index contributed by atoms with van der Waals surface area (Å²) >= 11 is 5.98. The minimum atomic E-state index is -0.536. The Hall–Kier alpha value is -2.53. The van der Waals surface area contributed by atoms with Crippen LogP contribution in [0.2, 0.25) is 5.02 Å². The second-order valence-electron chi connectivity index (χ2n) is 4.79. The van der Waals surface area contributed by atoms with Gasteiger partial charge in [0.15, 0.2) is 6.61 Å². The molecule has 2 aromatic rings. The third-order valence-corrected chi connectivity index (χ3v) is 3.43. The van der Waals surface area contributed by atoms with Crippen LogP contribution in [0.3, 0.4) is 0 Å². The first-order valence-corrected chi connectivity index (χ1v) is 7.25. The van der Waals surface area contributed by atoms with Gasteiger partial charge in [0.2, 0.25) is 0 Å². The van der Waals surface area contributed by atoms with Crippen LogP contribution in [-0.4, -0.2) is 25.6 Å². The third kappa shape index (κ3) is 4.47. The molecule has 0 aromatic heterocycles. The van der Waals surface area contributed by atoms with Gasteiger partial charge < -0.3 is 14.8 Å². The van der Waals surface area contributed by atoms with E-state index < -0.39 is 11.9 Å². The van der Waals surface area contributed by atoms with E-state index in [1.165, 1.54) is 7.11 Å². The lowest BCUT2D eigenvalue weighted by molar-refractivity contribution is -0.119. The van der Waals surface area contributed by atoms with Gasteiger partial charge in [0, 0.05) is 5.69 Å². The van der Waals surface area contributed by atoms with Crippen LogP contribution < -0.4 is 10.1 Å². The van der Waals surface area contributed by atoms with E-state index in [0.717, 1.165) is 5.56 Å². The van der Waals surface area contributed by atoms with Crippen LogP contribution in [0, 0.1) is 6.92 Å². The maximum absolute atomic E-state index is 11.9. The number of hydrogen-bond acceptors (Lipinski definition) is 4. The molecular formula is C17H16ClNO4. The standard InChI is InChI=1S/C17H16ClNO4/c1-11-5-3-4-6-13(11)17(21)23-10-16(20)19-12-7-8-15(22-2)14(18)9-12/h3-9H,10H2,1-2H3,(H,19,20). The van der Waals surface area contributed by atoms with Gasteiger partial charge in [-0.25, -0.2) is 4.79 Å². The highest BCUT2D eigenvalue weighted by atomic mass is 35.5. The van der Waals surface area contributed by atoms with Crippen molar-refractivity contribution in [1.29, 1.82) is 0 Å². The number of amides is 1. The molecule has 120 valence electrons. The normalized spacial score (nSPS) is 10.0. The van der Waals surface area contributed by atoms with Crippen LogP contribution in [0.4, 0.5) is 5.69 Å². The zero-order chi connectivity index (χ0) is 16.8. The highest BCUT2D eigenvalue weighted by Gasteiger charge is 2.12. The van der Waals surface area contributed by atoms with Gasteiger partial charge in [0.1, 0.15) is 5.75 Å². The maximum atomic E-state index is 11.9. The lowest BCUT2D eigenvalue weighted by Gasteiger charge is -2.09. The average Bonchev–Trinajstić information content (AvgIpc) is 2.53. The fourth-order valence-corrected chi connectivity index (χ4v) is 2.21. The summed E-state index contributed by atoms with van der Waals surface area (Å²) in [7, 11) is 1.50. The Kier molecular flexibility index (Phi) is 5.60. The highest BCUT2D eigenvalue weighted by Crippen LogP contribution is 2.27. The minimum absolute atomic E-state index is 0.377. The van der Waals surface area contributed by atoms with E-state index in [2.05, 4.69) is 5.32 Å². The van der Waals surface area contributed by atoms with Crippen LogP contribution >= 0.6 is 11.6 Å². The number of benzene rings is 2. The monoisotopic (exact) mass is 333 g/mol. The molecule has 0 saturated carbocycles. The molecule has 0 aliphatic rings. The molecule has 0 aliphatic heterocycles. The lowest BCUT2D eigenvalue weighted by atomic mass is 10.1. The molecule has 0 saturated heterocycles. The number of methoxy groups -OCH3 is 1. The smallest absolute Gasteiger partial charge is 0.338 e. The Morgan fingerprint density at radius 2 is 1.91 bits per heavy atom. The van der Waals surface area contributed by atoms with Crippen molar-refractivity contribution in [3.63, 3.8) is 0 Å². The molecule has 0 fully saturated rings. The van der Waals surface area contributed by atoms with Crippen molar-refractivity contribution in [2.45, 2.75) is 6.92 Å². The number of hydrogen-bond donors (Lipinski definition) is 1. The van der Waals surface area contributed by atoms with Crippen molar-refractivity contribution < 1.29 is 19.1 Å². The topological polar surface area (TPSA) is 64.6 Å². The number of ether oxygens (including phenoxy) is 2. The van der Waals surface area contributed by atoms with Crippen molar-refractivity contribution in [1.82, 2.24) is 0 Å². The molecule has 0 heterocycles. The molecule has 1 amide bonds. The number of halogens is 1. The number of esters is 1. The number of rotatable bonds is 5. The molecule has 0 bridgehead atoms. The summed E-state index contributed by atoms with van der Waals surface area (Å²) in [5.41, 5.74) is 1.72. The van der Waals surface area contributed by atoms with Crippen molar-refractivity contribution in [3.8, 4) is 5.75 Å². The second-order valence-corrected chi connectivity index (χ2v) is 5.20. The van der Waals surface area contributed by atoms with E-state index in [1.807, 2.05) is 6.07 Å². The number of aryl methyl sites for hydroxylation is 1. The molecule has 5 nitrogen and oxygen atoms in total. The summed E-state index contributed by atoms with van der Waals surface area (Å²) in [6, 6.07) is 11.9. The molecule has 0 spiro atoms. The third-order valence-electron chi connectivity index (χ3n) is 3.13. The highest BCUT2D eigenvalue weighted by molar-refractivity contribution is 6.32. The Balaban J connectivity index is 1.91. The average molecular weight is 334 g/mol. The van der Waals surface area contributed by atoms with Crippen LogP contribution in [0.25, 0.3) is 0 Å². The van der Waals surface area contributed by atoms with Crippen molar-refractivity contribution >= 4 is 29.2 Å². The molecule has 0 atom stereocenters. The first-order chi connectivity index (χ1) is 11.0. The molecule has 0 aliphatic carbocycles. The first-order valence-electron chi connectivity index (χ1n) is 6.87. The van der Waals surface area contributed by atoms with Crippen LogP contribution in [-0.2, 0) is 9.53 Å². The van der Waals surface area contributed by atoms with E-state index in [4.69, 9.17) is 21.1 Å². The largest absolute Gasteiger partial charge is 0.495 e. The van der Waals surface area contributed by atoms with E-state index >= 15 is 0 Å². The lowest BCUT2D eigenvalue weighted by Crippen LogP contribution is -2.21. The predicted molar refractivity (Wildman–Crippen MR) is 88.1 cm³/mol. The van der Waals surface area contributed by atoms with Crippen molar-refractivity contribution in [3.05, 3.63) is 58.6 Å². The van der Waals surface area contributed by atoms with Gasteiger partial charge >= 0.3 is 5.97 Å². The van der Waals surface area contributed by atoms with E-state index in [9.17, 15) is 9.59 Å². The molecule has 2 aromatic carbocycles. The maximum Gasteiger partial charge on any atom is 0.338 e. The molecule has 2 rings (SSSR count). The molecule has 0 unspecified atom stereocenters. The van der Waals surface area contributed by atoms with Crippen LogP contribution in [0.1, 0.15) is 15.9 Å². The van der Waals surface area contributed by atoms with Gasteiger partial charge in [-0.1, -0.05) is 29.8 Å². The summed E-state index contributed by atoms with van der Waals surface area (Å²) in [4.78, 5) is 23.8. The summed E-state index contributed by atoms with van der Waals surface area (Å²) < 4.78 is 10.0. The molecule has 6 heteroatoms. The Morgan fingerprint density at radius 1 is 1.17 bits per heavy atom. The first kappa shape index (κ1) is 16.8. The Bertz CT molecular complexity index is 730. The number of carbonyl (C=O) groups is 2. The summed E-state index contributed by atoms with van der Waals surface area (Å²) in [5, 5.41) is 2.98. The van der Waals surface area contributed by atoms with Crippen LogP contribution in [0.5, 0.6) is 5.75 Å². The van der Waals surface area contributed by atoms with E-state index in [-0.39, 0.29) is 6.61 Å². The van der Waals surface area contributed by atoms with Crippen molar-refractivity contribution in [2.24, 2.45) is 0 Å². The zero-order valence-corrected chi connectivity index (χ0v) is 13.5. The fourth-order valence-electron chi connectivity index (χ4n) is 1.95. The zero-order valence-electron chi connectivity index (χ0n) is 12.8. The summed E-state index contributed by atoms with van der Waals surface area (Å²) in [6.45, 7) is 1.42. The van der Waals surface area contributed by atoms with Gasteiger partial charge in [-0.05, 0) is 36.8 Å². The minimum Gasteiger partial charge on any atom is -0.495 e. The van der Waals surface area contributed by atoms with Crippen LogP contribution in [0.15, 0.2) is 42.5 Å². The van der Waals surface area contributed by atoms with E-state index in [0.29, 0.717) is 22.0 Å². The van der Waals surface area contributed by atoms with Gasteiger partial charge in [-0.3, -0.25) is 4.79 Å². The summed E-state index contributed by atoms with van der Waals surface area (Å²) in [6.07, 6.45) is 0. The molecule has 0 radical (unpaired) electrons. The molecular weight excluding hydrogens is 318 g/mol. The molecule has 23 heavy (non-hydrogen) atoms. The number of nitrogens with one attached hydrogen (secondary N) is 1. The Morgan fingerprint density at radius 3 is 2.57 bits per heavy atom. The quantitative estimate of drug-likeness (QED) is 0.851. The second kappa shape index (κ2) is 7.65. The van der Waals surface area contributed by atoms with E-state index in [1.54, 1.807) is 43.3 Å². The SMILES string of the molecule is COc1ccc(NC(=O)COC(=O)c2ccccc2C)cc1Cl. The molecule has 1 N–H and O–H groups in total. The van der Waals surface area contributed by atoms with Gasteiger partial charge in [0.05, 0.1) is 17.7 Å². The predicted octanol–water partition coefficient (Wildman–Crippen LogP) is 3.45. The van der Waals surface area contributed by atoms with Gasteiger partial charge in [0.25, 0.3) is 5.91 Å². The number of anilines is 1. The van der Waals surface area contributed by atoms with Crippen molar-refractivity contribution in [2.75, 3.05) is 19.0 Å².